The number of carbonyl (C=O) groups excluding carboxylic acids is 3. The Morgan fingerprint density at radius 2 is 1.93 bits per heavy atom. The molecular formula is C30H41FN4O7S. The molecule has 236 valence electrons. The maximum absolute atomic E-state index is 14.4. The number of alkyl halides is 1. The highest BCUT2D eigenvalue weighted by atomic mass is 32.1. The van der Waals surface area contributed by atoms with Crippen LogP contribution >= 0.6 is 11.3 Å². The molecule has 1 aliphatic heterocycles. The lowest BCUT2D eigenvalue weighted by molar-refractivity contribution is -0.145. The minimum absolute atomic E-state index is 0.0335. The number of halogens is 1. The molecule has 4 rings (SSSR count). The zero-order valence-corrected chi connectivity index (χ0v) is 26.3. The van der Waals surface area contributed by atoms with Gasteiger partial charge in [0.2, 0.25) is 11.8 Å². The Hall–Kier alpha value is -3.13. The van der Waals surface area contributed by atoms with Crippen molar-refractivity contribution in [2.45, 2.75) is 83.6 Å². The number of nitrogens with one attached hydrogen (secondary N) is 2. The Labute approximate surface area is 255 Å². The number of thiazole rings is 1. The third kappa shape index (κ3) is 7.69. The molecule has 2 heterocycles. The largest absolute Gasteiger partial charge is 0.488 e. The fourth-order valence-electron chi connectivity index (χ4n) is 4.96. The molecular weight excluding hydrogens is 579 g/mol. The van der Waals surface area contributed by atoms with Gasteiger partial charge in [-0.05, 0) is 36.8 Å². The number of aryl methyl sites for hydroxylation is 1. The molecule has 3 atom stereocenters. The van der Waals surface area contributed by atoms with Crippen LogP contribution in [0.25, 0.3) is 10.4 Å². The van der Waals surface area contributed by atoms with E-state index in [-0.39, 0.29) is 39.0 Å². The van der Waals surface area contributed by atoms with E-state index in [4.69, 9.17) is 14.2 Å². The Bertz CT molecular complexity index is 1320. The Morgan fingerprint density at radius 1 is 1.23 bits per heavy atom. The van der Waals surface area contributed by atoms with Crippen LogP contribution in [-0.2, 0) is 30.4 Å². The van der Waals surface area contributed by atoms with Crippen LogP contribution in [0.5, 0.6) is 5.75 Å². The lowest BCUT2D eigenvalue weighted by Crippen LogP contribution is -2.59. The molecule has 11 nitrogen and oxygen atoms in total. The number of hydrogen-bond acceptors (Lipinski definition) is 9. The van der Waals surface area contributed by atoms with Crippen LogP contribution < -0.4 is 15.4 Å². The van der Waals surface area contributed by atoms with Crippen LogP contribution in [0.1, 0.15) is 51.3 Å². The molecule has 13 heteroatoms. The topological polar surface area (TPSA) is 139 Å². The summed E-state index contributed by atoms with van der Waals surface area (Å²) >= 11 is 1.51. The number of rotatable bonds is 12. The van der Waals surface area contributed by atoms with Crippen molar-refractivity contribution in [1.29, 1.82) is 0 Å². The molecule has 1 saturated heterocycles. The zero-order chi connectivity index (χ0) is 31.5. The first-order chi connectivity index (χ1) is 20.3. The van der Waals surface area contributed by atoms with Crippen molar-refractivity contribution < 1.29 is 38.1 Å². The number of aliphatic hydroxyl groups excluding tert-OH is 1. The quantitative estimate of drug-likeness (QED) is 0.308. The van der Waals surface area contributed by atoms with Crippen molar-refractivity contribution in [3.63, 3.8) is 0 Å². The fraction of sp³-hybridized carbons (Fsp3) is 0.600. The summed E-state index contributed by atoms with van der Waals surface area (Å²) in [5.74, 6) is -1.32. The summed E-state index contributed by atoms with van der Waals surface area (Å²) in [6.07, 6.45) is -1.25. The molecule has 0 radical (unpaired) electrons. The van der Waals surface area contributed by atoms with Gasteiger partial charge < -0.3 is 34.9 Å². The molecule has 2 fully saturated rings. The molecule has 2 aliphatic rings. The number of hydrogen-bond donors (Lipinski definition) is 3. The zero-order valence-electron chi connectivity index (χ0n) is 25.4. The van der Waals surface area contributed by atoms with E-state index in [0.29, 0.717) is 11.3 Å². The number of ether oxygens (including phenoxy) is 3. The van der Waals surface area contributed by atoms with Crippen LogP contribution in [0.2, 0.25) is 0 Å². The lowest BCUT2D eigenvalue weighted by atomic mass is 9.85. The summed E-state index contributed by atoms with van der Waals surface area (Å²) in [6.45, 7) is 7.30. The first kappa shape index (κ1) is 32.8. The predicted molar refractivity (Wildman–Crippen MR) is 158 cm³/mol. The van der Waals surface area contributed by atoms with Gasteiger partial charge in [0.25, 0.3) is 5.91 Å². The van der Waals surface area contributed by atoms with Gasteiger partial charge in [0.15, 0.2) is 12.0 Å². The van der Waals surface area contributed by atoms with E-state index < -0.39 is 53.3 Å². The van der Waals surface area contributed by atoms with Gasteiger partial charge in [0, 0.05) is 39.3 Å². The van der Waals surface area contributed by atoms with Crippen molar-refractivity contribution in [3.05, 3.63) is 35.0 Å². The number of β-amino-alcohol motifs (C(OH)–C–C–N with tert-alkyl or cyclic N) is 1. The minimum Gasteiger partial charge on any atom is -0.488 e. The summed E-state index contributed by atoms with van der Waals surface area (Å²) < 4.78 is 31.0. The standard InChI is InChI=1S/C30H41FN4O7S/c1-17-24(43-16-33-17)18-7-8-19(22(11-18)42-15-23(40-5)41-6)13-32-26(37)21-12-20(36)14-35(21)27(38)25(29(2,3)4)34-28(39)30(31)9-10-30/h7-8,11,16,20-21,23,25,36H,9-10,12-15H2,1-6H3,(H,32,37)(H,34,39)/t20-,21+,25?/m1/s1. The summed E-state index contributed by atoms with van der Waals surface area (Å²) in [6, 6.07) is 3.59. The van der Waals surface area contributed by atoms with Gasteiger partial charge in [-0.2, -0.15) is 0 Å². The fourth-order valence-corrected chi connectivity index (χ4v) is 5.77. The van der Waals surface area contributed by atoms with E-state index in [1.165, 1.54) is 30.5 Å². The molecule has 0 spiro atoms. The first-order valence-electron chi connectivity index (χ1n) is 14.2. The lowest BCUT2D eigenvalue weighted by Gasteiger charge is -2.35. The van der Waals surface area contributed by atoms with E-state index >= 15 is 0 Å². The first-order valence-corrected chi connectivity index (χ1v) is 15.1. The van der Waals surface area contributed by atoms with Crippen LogP contribution in [0.3, 0.4) is 0 Å². The second kappa shape index (κ2) is 13.2. The summed E-state index contributed by atoms with van der Waals surface area (Å²) in [5, 5.41) is 15.9. The molecule has 43 heavy (non-hydrogen) atoms. The van der Waals surface area contributed by atoms with Crippen LogP contribution in [0.15, 0.2) is 23.7 Å². The molecule has 1 aromatic carbocycles. The third-order valence-corrected chi connectivity index (χ3v) is 8.76. The van der Waals surface area contributed by atoms with E-state index in [1.807, 2.05) is 25.1 Å². The molecule has 0 bridgehead atoms. The van der Waals surface area contributed by atoms with Gasteiger partial charge in [-0.3, -0.25) is 14.4 Å². The third-order valence-electron chi connectivity index (χ3n) is 7.78. The van der Waals surface area contributed by atoms with Crippen molar-refractivity contribution in [2.24, 2.45) is 5.41 Å². The molecule has 1 aliphatic carbocycles. The minimum atomic E-state index is -1.95. The predicted octanol–water partition coefficient (Wildman–Crippen LogP) is 2.73. The van der Waals surface area contributed by atoms with Crippen LogP contribution in [-0.4, -0.2) is 90.2 Å². The number of likely N-dealkylation sites (tertiary alicyclic amines) is 1. The van der Waals surface area contributed by atoms with E-state index in [0.717, 1.165) is 16.1 Å². The van der Waals surface area contributed by atoms with E-state index in [1.54, 1.807) is 26.3 Å². The van der Waals surface area contributed by atoms with Gasteiger partial charge in [-0.1, -0.05) is 32.9 Å². The van der Waals surface area contributed by atoms with Crippen molar-refractivity contribution in [2.75, 3.05) is 27.4 Å². The average Bonchev–Trinajstić information content (AvgIpc) is 3.37. The summed E-state index contributed by atoms with van der Waals surface area (Å²) in [5.41, 5.74) is 1.52. The van der Waals surface area contributed by atoms with Gasteiger partial charge in [-0.25, -0.2) is 9.37 Å². The SMILES string of the molecule is COC(COc1cc(-c2scnc2C)ccc1CNC(=O)[C@@H]1C[C@@H](O)CN1C(=O)C(NC(=O)C1(F)CC1)C(C)(C)C)OC. The number of aliphatic hydroxyl groups is 1. The monoisotopic (exact) mass is 620 g/mol. The molecule has 1 aromatic heterocycles. The highest BCUT2D eigenvalue weighted by Gasteiger charge is 2.53. The summed E-state index contributed by atoms with van der Waals surface area (Å²) in [7, 11) is 3.02. The smallest absolute Gasteiger partial charge is 0.258 e. The van der Waals surface area contributed by atoms with Crippen molar-refractivity contribution in [1.82, 2.24) is 20.5 Å². The van der Waals surface area contributed by atoms with E-state index in [2.05, 4.69) is 15.6 Å². The average molecular weight is 621 g/mol. The number of nitrogens with zero attached hydrogens (tertiary/aromatic N) is 2. The molecule has 3 N–H and O–H groups in total. The second-order valence-corrected chi connectivity index (χ2v) is 13.0. The highest BCUT2D eigenvalue weighted by molar-refractivity contribution is 7.13. The van der Waals surface area contributed by atoms with Crippen LogP contribution in [0, 0.1) is 12.3 Å². The molecule has 2 aromatic rings. The van der Waals surface area contributed by atoms with Crippen LogP contribution in [0.4, 0.5) is 4.39 Å². The second-order valence-electron chi connectivity index (χ2n) is 12.2. The number of benzene rings is 1. The van der Waals surface area contributed by atoms with E-state index in [9.17, 15) is 23.9 Å². The number of aromatic nitrogens is 1. The Kier molecular flexibility index (Phi) is 10.1. The maximum atomic E-state index is 14.4. The number of methoxy groups -OCH3 is 2. The maximum Gasteiger partial charge on any atom is 0.258 e. The number of carbonyl (C=O) groups is 3. The molecule has 3 amide bonds. The Morgan fingerprint density at radius 3 is 2.51 bits per heavy atom. The highest BCUT2D eigenvalue weighted by Crippen LogP contribution is 2.40. The molecule has 1 saturated carbocycles. The van der Waals surface area contributed by atoms with Gasteiger partial charge in [0.05, 0.1) is 22.2 Å². The number of amides is 3. The van der Waals surface area contributed by atoms with Crippen molar-refractivity contribution in [3.8, 4) is 16.2 Å². The normalized spacial score (nSPS) is 20.2. The van der Waals surface area contributed by atoms with Gasteiger partial charge >= 0.3 is 0 Å². The van der Waals surface area contributed by atoms with Crippen molar-refractivity contribution >= 4 is 29.1 Å². The Balaban J connectivity index is 1.50. The summed E-state index contributed by atoms with van der Waals surface area (Å²) in [4.78, 5) is 46.3. The van der Waals surface area contributed by atoms with Gasteiger partial charge in [-0.15, -0.1) is 11.3 Å². The molecule has 1 unspecified atom stereocenters. The van der Waals surface area contributed by atoms with Gasteiger partial charge in [0.1, 0.15) is 24.4 Å².